The normalized spacial score (nSPS) is 16.0. The number of aromatic nitrogens is 2. The fraction of sp³-hybridized carbons (Fsp3) is 0.464. The Hall–Kier alpha value is -3.39. The van der Waals surface area contributed by atoms with Crippen molar-refractivity contribution in [2.24, 2.45) is 5.92 Å². The first-order valence-electron chi connectivity index (χ1n) is 12.9. The Balaban J connectivity index is 1.31. The van der Waals surface area contributed by atoms with Gasteiger partial charge in [0.25, 0.3) is 11.8 Å². The number of hydrogen-bond donors (Lipinski definition) is 3. The largest absolute Gasteiger partial charge is 0.507 e. The first-order chi connectivity index (χ1) is 17.4. The van der Waals surface area contributed by atoms with Gasteiger partial charge in [0, 0.05) is 43.2 Å². The lowest BCUT2D eigenvalue weighted by Gasteiger charge is -2.20. The third-order valence-electron chi connectivity index (χ3n) is 7.52. The number of amides is 2. The van der Waals surface area contributed by atoms with E-state index in [-0.39, 0.29) is 17.6 Å². The van der Waals surface area contributed by atoms with Gasteiger partial charge in [-0.15, -0.1) is 0 Å². The van der Waals surface area contributed by atoms with E-state index in [1.165, 1.54) is 32.1 Å². The summed E-state index contributed by atoms with van der Waals surface area (Å²) in [6.07, 6.45) is 7.19. The Labute approximate surface area is 211 Å². The average molecular weight is 490 g/mol. The molecule has 0 bridgehead atoms. The van der Waals surface area contributed by atoms with Gasteiger partial charge in [-0.1, -0.05) is 38.2 Å². The maximum atomic E-state index is 13.5. The minimum atomic E-state index is -0.215. The number of phenolic OH excluding ortho intramolecular Hbond substituents is 1. The maximum Gasteiger partial charge on any atom is 0.258 e. The first-order valence-corrected chi connectivity index (χ1v) is 12.9. The van der Waals surface area contributed by atoms with E-state index in [4.69, 9.17) is 0 Å². The molecule has 2 aliphatic rings. The fourth-order valence-electron chi connectivity index (χ4n) is 5.44. The summed E-state index contributed by atoms with van der Waals surface area (Å²) in [5.41, 5.74) is 4.60. The molecule has 0 saturated heterocycles. The molecule has 3 aromatic rings. The van der Waals surface area contributed by atoms with E-state index in [0.717, 1.165) is 40.7 Å². The molecule has 0 radical (unpaired) electrons. The van der Waals surface area contributed by atoms with Crippen LogP contribution in [0.3, 0.4) is 0 Å². The second kappa shape index (κ2) is 10.3. The van der Waals surface area contributed by atoms with Crippen LogP contribution in [0.5, 0.6) is 5.75 Å². The van der Waals surface area contributed by atoms with Crippen molar-refractivity contribution in [3.63, 3.8) is 0 Å². The van der Waals surface area contributed by atoms with Gasteiger partial charge in [0.15, 0.2) is 0 Å². The lowest BCUT2D eigenvalue weighted by molar-refractivity contribution is 0.0748. The Morgan fingerprint density at radius 3 is 2.67 bits per heavy atom. The van der Waals surface area contributed by atoms with Crippen molar-refractivity contribution in [2.75, 3.05) is 27.2 Å². The SMILES string of the molecule is CN(C)CCNC(=O)c1ccc2c(c1)CN(C(=O)c1cc3c(CC4CCCCC4)n[nH]c3cc1O)C2. The predicted molar refractivity (Wildman–Crippen MR) is 139 cm³/mol. The number of carbonyl (C=O) groups is 2. The summed E-state index contributed by atoms with van der Waals surface area (Å²) in [7, 11) is 3.93. The molecule has 8 nitrogen and oxygen atoms in total. The Morgan fingerprint density at radius 1 is 1.11 bits per heavy atom. The van der Waals surface area contributed by atoms with Crippen LogP contribution in [-0.4, -0.2) is 64.1 Å². The standard InChI is InChI=1S/C28H35N5O3/c1-32(2)11-10-29-27(35)19-8-9-20-16-33(17-21(20)13-19)28(36)23-14-22-24(12-18-6-4-3-5-7-18)30-31-25(22)15-26(23)34/h8-9,13-15,18,34H,3-7,10-12,16-17H2,1-2H3,(H,29,35)(H,30,31). The van der Waals surface area contributed by atoms with Crippen molar-refractivity contribution in [2.45, 2.75) is 51.6 Å². The zero-order valence-electron chi connectivity index (χ0n) is 21.1. The molecule has 1 aromatic heterocycles. The third kappa shape index (κ3) is 5.09. The highest BCUT2D eigenvalue weighted by atomic mass is 16.3. The van der Waals surface area contributed by atoms with Gasteiger partial charge >= 0.3 is 0 Å². The van der Waals surface area contributed by atoms with Crippen LogP contribution in [-0.2, 0) is 19.5 Å². The van der Waals surface area contributed by atoms with Gasteiger partial charge in [0.1, 0.15) is 5.75 Å². The Morgan fingerprint density at radius 2 is 1.89 bits per heavy atom. The molecule has 1 fully saturated rings. The van der Waals surface area contributed by atoms with Crippen LogP contribution in [0.4, 0.5) is 0 Å². The molecular formula is C28H35N5O3. The number of phenols is 1. The Kier molecular flexibility index (Phi) is 6.96. The Bertz CT molecular complexity index is 1280. The first kappa shape index (κ1) is 24.3. The molecule has 0 unspecified atom stereocenters. The zero-order chi connectivity index (χ0) is 25.2. The molecule has 0 atom stereocenters. The predicted octanol–water partition coefficient (Wildman–Crippen LogP) is 3.84. The molecule has 2 aromatic carbocycles. The summed E-state index contributed by atoms with van der Waals surface area (Å²) >= 11 is 0. The van der Waals surface area contributed by atoms with Gasteiger partial charge < -0.3 is 20.2 Å². The molecule has 2 amide bonds. The summed E-state index contributed by atoms with van der Waals surface area (Å²) < 4.78 is 0. The van der Waals surface area contributed by atoms with Crippen LogP contribution in [0.2, 0.25) is 0 Å². The van der Waals surface area contributed by atoms with E-state index in [1.807, 2.05) is 37.2 Å². The summed E-state index contributed by atoms with van der Waals surface area (Å²) in [4.78, 5) is 29.7. The van der Waals surface area contributed by atoms with E-state index < -0.39 is 0 Å². The second-order valence-electron chi connectivity index (χ2n) is 10.5. The number of nitrogens with zero attached hydrogens (tertiary/aromatic N) is 3. The van der Waals surface area contributed by atoms with Crippen molar-refractivity contribution in [3.8, 4) is 5.75 Å². The van der Waals surface area contributed by atoms with Crippen LogP contribution in [0.1, 0.15) is 69.6 Å². The highest BCUT2D eigenvalue weighted by Crippen LogP contribution is 2.33. The van der Waals surface area contributed by atoms with E-state index in [0.29, 0.717) is 36.7 Å². The van der Waals surface area contributed by atoms with Crippen molar-refractivity contribution in [1.29, 1.82) is 0 Å². The van der Waals surface area contributed by atoms with Crippen LogP contribution in [0.25, 0.3) is 10.9 Å². The number of hydrogen-bond acceptors (Lipinski definition) is 5. The monoisotopic (exact) mass is 489 g/mol. The van der Waals surface area contributed by atoms with Crippen LogP contribution in [0.15, 0.2) is 30.3 Å². The number of H-pyrrole nitrogens is 1. The molecule has 8 heteroatoms. The van der Waals surface area contributed by atoms with Gasteiger partial charge in [0.05, 0.1) is 16.8 Å². The number of fused-ring (bicyclic) bond motifs is 2. The summed E-state index contributed by atoms with van der Waals surface area (Å²) in [5, 5.41) is 22.1. The number of carbonyl (C=O) groups excluding carboxylic acids is 2. The second-order valence-corrected chi connectivity index (χ2v) is 10.5. The quantitative estimate of drug-likeness (QED) is 0.468. The molecule has 1 aliphatic carbocycles. The number of aromatic hydroxyl groups is 1. The number of nitrogens with one attached hydrogen (secondary N) is 2. The van der Waals surface area contributed by atoms with Gasteiger partial charge in [-0.3, -0.25) is 14.7 Å². The minimum Gasteiger partial charge on any atom is -0.507 e. The summed E-state index contributed by atoms with van der Waals surface area (Å²) in [6.45, 7) is 2.21. The van der Waals surface area contributed by atoms with Gasteiger partial charge in [-0.25, -0.2) is 0 Å². The van der Waals surface area contributed by atoms with Crippen LogP contribution < -0.4 is 5.32 Å². The van der Waals surface area contributed by atoms with Crippen LogP contribution in [0, 0.1) is 5.92 Å². The molecular weight excluding hydrogens is 454 g/mol. The van der Waals surface area contributed by atoms with Crippen molar-refractivity contribution >= 4 is 22.7 Å². The smallest absolute Gasteiger partial charge is 0.258 e. The summed E-state index contributed by atoms with van der Waals surface area (Å²) in [5.74, 6) is 0.253. The third-order valence-corrected chi connectivity index (χ3v) is 7.52. The number of benzene rings is 2. The van der Waals surface area contributed by atoms with Crippen LogP contribution >= 0.6 is 0 Å². The topological polar surface area (TPSA) is 102 Å². The van der Waals surface area contributed by atoms with Crippen molar-refractivity contribution < 1.29 is 14.7 Å². The summed E-state index contributed by atoms with van der Waals surface area (Å²) in [6, 6.07) is 9.00. The van der Waals surface area contributed by atoms with E-state index >= 15 is 0 Å². The van der Waals surface area contributed by atoms with E-state index in [9.17, 15) is 14.7 Å². The molecule has 3 N–H and O–H groups in total. The van der Waals surface area contributed by atoms with Gasteiger partial charge in [0.2, 0.25) is 0 Å². The minimum absolute atomic E-state index is 0.0442. The lowest BCUT2D eigenvalue weighted by Crippen LogP contribution is -2.31. The van der Waals surface area contributed by atoms with E-state index in [2.05, 4.69) is 15.5 Å². The van der Waals surface area contributed by atoms with Crippen molar-refractivity contribution in [3.05, 3.63) is 58.3 Å². The molecule has 0 spiro atoms. The molecule has 1 aliphatic heterocycles. The number of rotatable bonds is 7. The zero-order valence-corrected chi connectivity index (χ0v) is 21.1. The molecule has 1 saturated carbocycles. The maximum absolute atomic E-state index is 13.5. The molecule has 5 rings (SSSR count). The highest BCUT2D eigenvalue weighted by molar-refractivity contribution is 6.01. The number of aromatic amines is 1. The molecule has 36 heavy (non-hydrogen) atoms. The molecule has 2 heterocycles. The van der Waals surface area contributed by atoms with Gasteiger partial charge in [-0.05, 0) is 55.8 Å². The lowest BCUT2D eigenvalue weighted by atomic mass is 9.85. The van der Waals surface area contributed by atoms with Gasteiger partial charge in [-0.2, -0.15) is 5.10 Å². The van der Waals surface area contributed by atoms with Crippen molar-refractivity contribution in [1.82, 2.24) is 25.3 Å². The molecule has 190 valence electrons. The fourth-order valence-corrected chi connectivity index (χ4v) is 5.44. The average Bonchev–Trinajstić information content (AvgIpc) is 3.46. The number of likely N-dealkylation sites (N-methyl/N-ethyl adjacent to an activating group) is 1. The van der Waals surface area contributed by atoms with E-state index in [1.54, 1.807) is 17.0 Å². The highest BCUT2D eigenvalue weighted by Gasteiger charge is 2.28.